The van der Waals surface area contributed by atoms with Crippen molar-refractivity contribution in [1.29, 1.82) is 0 Å². The van der Waals surface area contributed by atoms with E-state index in [1.54, 1.807) is 5.38 Å². The topological polar surface area (TPSA) is 55.6 Å². The Morgan fingerprint density at radius 1 is 1.50 bits per heavy atom. The summed E-state index contributed by atoms with van der Waals surface area (Å²) in [5, 5.41) is 2.53. The van der Waals surface area contributed by atoms with E-state index in [1.807, 2.05) is 30.9 Å². The standard InChI is InChI=1S/C14H16N2O3S/c1-9-7-18-6-5-16(9)14(17)11-8-20-13(15-11)12-4-3-10(2)19-12/h3-4,8-9H,5-7H2,1-2H3. The molecule has 1 saturated heterocycles. The van der Waals surface area contributed by atoms with Gasteiger partial charge in [-0.05, 0) is 26.0 Å². The lowest BCUT2D eigenvalue weighted by Crippen LogP contribution is -2.47. The number of amides is 1. The second-order valence-corrected chi connectivity index (χ2v) is 5.73. The molecule has 0 aromatic carbocycles. The smallest absolute Gasteiger partial charge is 0.273 e. The molecule has 0 bridgehead atoms. The zero-order valence-electron chi connectivity index (χ0n) is 11.5. The number of nitrogens with zero attached hydrogens (tertiary/aromatic N) is 2. The fourth-order valence-electron chi connectivity index (χ4n) is 2.21. The predicted octanol–water partition coefficient (Wildman–Crippen LogP) is 2.57. The summed E-state index contributed by atoms with van der Waals surface area (Å²) < 4.78 is 10.9. The molecule has 5 nitrogen and oxygen atoms in total. The molecule has 1 fully saturated rings. The second kappa shape index (κ2) is 5.38. The number of ether oxygens (including phenoxy) is 1. The van der Waals surface area contributed by atoms with Gasteiger partial charge in [-0.15, -0.1) is 11.3 Å². The van der Waals surface area contributed by atoms with Crippen LogP contribution in [0, 0.1) is 6.92 Å². The molecule has 0 saturated carbocycles. The van der Waals surface area contributed by atoms with Crippen molar-refractivity contribution < 1.29 is 13.9 Å². The van der Waals surface area contributed by atoms with E-state index in [2.05, 4.69) is 4.98 Å². The highest BCUT2D eigenvalue weighted by Crippen LogP contribution is 2.26. The lowest BCUT2D eigenvalue weighted by molar-refractivity contribution is 0.00332. The van der Waals surface area contributed by atoms with Crippen LogP contribution in [-0.4, -0.2) is 41.6 Å². The lowest BCUT2D eigenvalue weighted by atomic mass is 10.2. The molecule has 0 radical (unpaired) electrons. The molecular weight excluding hydrogens is 276 g/mol. The third kappa shape index (κ3) is 2.48. The highest BCUT2D eigenvalue weighted by atomic mass is 32.1. The summed E-state index contributed by atoms with van der Waals surface area (Å²) in [6, 6.07) is 3.86. The first-order valence-electron chi connectivity index (χ1n) is 6.56. The molecule has 0 N–H and O–H groups in total. The number of hydrogen-bond donors (Lipinski definition) is 0. The van der Waals surface area contributed by atoms with Crippen molar-refractivity contribution >= 4 is 17.2 Å². The van der Waals surface area contributed by atoms with Gasteiger partial charge in [0.25, 0.3) is 5.91 Å². The number of aryl methyl sites for hydroxylation is 1. The van der Waals surface area contributed by atoms with Crippen LogP contribution in [0.4, 0.5) is 0 Å². The monoisotopic (exact) mass is 292 g/mol. The summed E-state index contributed by atoms with van der Waals surface area (Å²) in [5.41, 5.74) is 0.479. The summed E-state index contributed by atoms with van der Waals surface area (Å²) >= 11 is 1.43. The molecule has 0 spiro atoms. The van der Waals surface area contributed by atoms with Crippen LogP contribution >= 0.6 is 11.3 Å². The van der Waals surface area contributed by atoms with Gasteiger partial charge in [0, 0.05) is 11.9 Å². The number of furan rings is 1. The van der Waals surface area contributed by atoms with Gasteiger partial charge in [-0.1, -0.05) is 0 Å². The SMILES string of the molecule is Cc1ccc(-c2nc(C(=O)N3CCOCC3C)cs2)o1. The van der Waals surface area contributed by atoms with Crippen LogP contribution in [0.25, 0.3) is 10.8 Å². The Hall–Kier alpha value is -1.66. The van der Waals surface area contributed by atoms with E-state index in [1.165, 1.54) is 11.3 Å². The normalized spacial score (nSPS) is 19.3. The van der Waals surface area contributed by atoms with Gasteiger partial charge in [0.15, 0.2) is 10.8 Å². The first kappa shape index (κ1) is 13.3. The van der Waals surface area contributed by atoms with Crippen LogP contribution < -0.4 is 0 Å². The molecule has 6 heteroatoms. The Labute approximate surface area is 121 Å². The van der Waals surface area contributed by atoms with E-state index in [0.29, 0.717) is 31.2 Å². The number of carbonyl (C=O) groups is 1. The first-order valence-corrected chi connectivity index (χ1v) is 7.44. The van der Waals surface area contributed by atoms with Gasteiger partial charge in [-0.3, -0.25) is 4.79 Å². The molecule has 2 aromatic heterocycles. The molecule has 1 amide bonds. The summed E-state index contributed by atoms with van der Waals surface area (Å²) in [6.07, 6.45) is 0. The minimum Gasteiger partial charge on any atom is -0.459 e. The predicted molar refractivity (Wildman–Crippen MR) is 75.9 cm³/mol. The zero-order chi connectivity index (χ0) is 14.1. The molecule has 106 valence electrons. The minimum absolute atomic E-state index is 0.0356. The van der Waals surface area contributed by atoms with Crippen LogP contribution in [0.2, 0.25) is 0 Å². The van der Waals surface area contributed by atoms with E-state index in [0.717, 1.165) is 10.8 Å². The van der Waals surface area contributed by atoms with Crippen molar-refractivity contribution in [2.75, 3.05) is 19.8 Å². The molecule has 0 aliphatic carbocycles. The van der Waals surface area contributed by atoms with Gasteiger partial charge >= 0.3 is 0 Å². The Balaban J connectivity index is 1.81. The van der Waals surface area contributed by atoms with Crippen LogP contribution in [0.5, 0.6) is 0 Å². The maximum absolute atomic E-state index is 12.4. The lowest BCUT2D eigenvalue weighted by Gasteiger charge is -2.32. The van der Waals surface area contributed by atoms with E-state index >= 15 is 0 Å². The molecule has 2 aromatic rings. The van der Waals surface area contributed by atoms with E-state index < -0.39 is 0 Å². The molecule has 1 aliphatic rings. The number of morpholine rings is 1. The van der Waals surface area contributed by atoms with E-state index in [9.17, 15) is 4.79 Å². The quantitative estimate of drug-likeness (QED) is 0.853. The summed E-state index contributed by atoms with van der Waals surface area (Å²) in [6.45, 7) is 5.66. The first-order chi connectivity index (χ1) is 9.65. The average molecular weight is 292 g/mol. The molecule has 1 unspecified atom stereocenters. The van der Waals surface area contributed by atoms with Gasteiger partial charge in [-0.25, -0.2) is 4.98 Å². The Morgan fingerprint density at radius 3 is 3.05 bits per heavy atom. The second-order valence-electron chi connectivity index (χ2n) is 4.87. The average Bonchev–Trinajstić information content (AvgIpc) is 3.07. The highest BCUT2D eigenvalue weighted by molar-refractivity contribution is 7.13. The van der Waals surface area contributed by atoms with Gasteiger partial charge in [-0.2, -0.15) is 0 Å². The molecule has 1 atom stereocenters. The van der Waals surface area contributed by atoms with Crippen LogP contribution in [0.15, 0.2) is 21.9 Å². The Bertz CT molecular complexity index is 619. The fourth-order valence-corrected chi connectivity index (χ4v) is 2.96. The summed E-state index contributed by atoms with van der Waals surface area (Å²) in [4.78, 5) is 18.7. The van der Waals surface area contributed by atoms with Crippen molar-refractivity contribution in [3.63, 3.8) is 0 Å². The van der Waals surface area contributed by atoms with E-state index in [-0.39, 0.29) is 11.9 Å². The van der Waals surface area contributed by atoms with Crippen molar-refractivity contribution in [2.45, 2.75) is 19.9 Å². The van der Waals surface area contributed by atoms with Gasteiger partial charge < -0.3 is 14.1 Å². The number of rotatable bonds is 2. The van der Waals surface area contributed by atoms with Gasteiger partial charge in [0.1, 0.15) is 11.5 Å². The Morgan fingerprint density at radius 2 is 2.35 bits per heavy atom. The van der Waals surface area contributed by atoms with Crippen molar-refractivity contribution in [3.8, 4) is 10.8 Å². The third-order valence-corrected chi connectivity index (χ3v) is 4.16. The molecule has 3 rings (SSSR count). The van der Waals surface area contributed by atoms with Crippen molar-refractivity contribution in [2.24, 2.45) is 0 Å². The highest BCUT2D eigenvalue weighted by Gasteiger charge is 2.26. The van der Waals surface area contributed by atoms with Gasteiger partial charge in [0.05, 0.1) is 19.3 Å². The van der Waals surface area contributed by atoms with Crippen molar-refractivity contribution in [1.82, 2.24) is 9.88 Å². The number of aromatic nitrogens is 1. The van der Waals surface area contributed by atoms with Crippen LogP contribution in [0.3, 0.4) is 0 Å². The Kier molecular flexibility index (Phi) is 3.58. The third-order valence-electron chi connectivity index (χ3n) is 3.30. The largest absolute Gasteiger partial charge is 0.459 e. The number of hydrogen-bond acceptors (Lipinski definition) is 5. The summed E-state index contributed by atoms with van der Waals surface area (Å²) in [5.74, 6) is 1.51. The maximum Gasteiger partial charge on any atom is 0.273 e. The summed E-state index contributed by atoms with van der Waals surface area (Å²) in [7, 11) is 0. The maximum atomic E-state index is 12.4. The zero-order valence-corrected chi connectivity index (χ0v) is 12.3. The molecular formula is C14H16N2O3S. The fraction of sp³-hybridized carbons (Fsp3) is 0.429. The number of carbonyl (C=O) groups excluding carboxylic acids is 1. The minimum atomic E-state index is -0.0356. The van der Waals surface area contributed by atoms with Gasteiger partial charge in [0.2, 0.25) is 0 Å². The molecule has 1 aliphatic heterocycles. The molecule has 20 heavy (non-hydrogen) atoms. The van der Waals surface area contributed by atoms with Crippen LogP contribution in [-0.2, 0) is 4.74 Å². The number of thiazole rings is 1. The molecule has 3 heterocycles. The van der Waals surface area contributed by atoms with Crippen molar-refractivity contribution in [3.05, 3.63) is 29.0 Å². The van der Waals surface area contributed by atoms with E-state index in [4.69, 9.17) is 9.15 Å². The van der Waals surface area contributed by atoms with Crippen LogP contribution in [0.1, 0.15) is 23.2 Å².